The molecule has 0 spiro atoms. The zero-order valence-corrected chi connectivity index (χ0v) is 8.67. The summed E-state index contributed by atoms with van der Waals surface area (Å²) in [5.41, 5.74) is 0. The molecule has 76 valence electrons. The Kier molecular flexibility index (Phi) is 6.62. The lowest BCUT2D eigenvalue weighted by molar-refractivity contribution is -0.145. The van der Waals surface area contributed by atoms with Crippen molar-refractivity contribution in [3.05, 3.63) is 0 Å². The largest absolute Gasteiger partial charge is 0.463 e. The van der Waals surface area contributed by atoms with Gasteiger partial charge in [0.15, 0.2) is 0 Å². The molecule has 5 heteroatoms. The Hall–Kier alpha value is -0.550. The Bertz CT molecular complexity index is 181. The Morgan fingerprint density at radius 1 is 1.38 bits per heavy atom. The average Bonchev–Trinajstić information content (AvgIpc) is 2.04. The fourth-order valence-corrected chi connectivity index (χ4v) is 0.748. The number of carbonyl (C=O) groups is 2. The summed E-state index contributed by atoms with van der Waals surface area (Å²) in [6, 6.07) is 0. The standard InChI is InChI=1S/C8H14O4S/c1-6(9)7(13)5-8(10)12-4-3-11-2/h7,13H,3-5H2,1-2H3. The van der Waals surface area contributed by atoms with Gasteiger partial charge in [-0.15, -0.1) is 0 Å². The van der Waals surface area contributed by atoms with Crippen LogP contribution in [0.4, 0.5) is 0 Å². The Morgan fingerprint density at radius 3 is 2.46 bits per heavy atom. The first-order valence-corrected chi connectivity index (χ1v) is 4.42. The SMILES string of the molecule is COCCOC(=O)CC(S)C(C)=O. The summed E-state index contributed by atoms with van der Waals surface area (Å²) in [5, 5.41) is -0.560. The second-order valence-corrected chi connectivity index (χ2v) is 3.17. The van der Waals surface area contributed by atoms with Crippen molar-refractivity contribution < 1.29 is 19.1 Å². The summed E-state index contributed by atoms with van der Waals surface area (Å²) in [4.78, 5) is 21.7. The first-order valence-electron chi connectivity index (χ1n) is 3.91. The summed E-state index contributed by atoms with van der Waals surface area (Å²) in [5.74, 6) is -0.556. The third-order valence-corrected chi connectivity index (χ3v) is 1.93. The molecule has 0 aliphatic carbocycles. The predicted molar refractivity (Wildman–Crippen MR) is 50.9 cm³/mol. The molecule has 0 saturated carbocycles. The number of rotatable bonds is 6. The molecule has 1 unspecified atom stereocenters. The number of Topliss-reactive ketones (excluding diaryl/α,β-unsaturated/α-hetero) is 1. The van der Waals surface area contributed by atoms with Gasteiger partial charge < -0.3 is 9.47 Å². The summed E-state index contributed by atoms with van der Waals surface area (Å²) >= 11 is 3.93. The smallest absolute Gasteiger partial charge is 0.307 e. The highest BCUT2D eigenvalue weighted by Gasteiger charge is 2.14. The Balaban J connectivity index is 3.56. The van der Waals surface area contributed by atoms with E-state index < -0.39 is 11.2 Å². The van der Waals surface area contributed by atoms with Crippen molar-refractivity contribution in [2.75, 3.05) is 20.3 Å². The molecule has 0 aromatic heterocycles. The van der Waals surface area contributed by atoms with E-state index in [1.807, 2.05) is 0 Å². The number of ether oxygens (including phenoxy) is 2. The van der Waals surface area contributed by atoms with E-state index in [9.17, 15) is 9.59 Å². The number of hydrogen-bond donors (Lipinski definition) is 1. The zero-order chi connectivity index (χ0) is 10.3. The minimum atomic E-state index is -0.560. The first kappa shape index (κ1) is 12.4. The van der Waals surface area contributed by atoms with Crippen molar-refractivity contribution in [2.45, 2.75) is 18.6 Å². The molecule has 0 aromatic rings. The van der Waals surface area contributed by atoms with Crippen LogP contribution in [0.3, 0.4) is 0 Å². The van der Waals surface area contributed by atoms with E-state index in [1.165, 1.54) is 14.0 Å². The first-order chi connectivity index (χ1) is 6.07. The van der Waals surface area contributed by atoms with Crippen LogP contribution in [-0.4, -0.2) is 37.3 Å². The van der Waals surface area contributed by atoms with Crippen LogP contribution in [0.25, 0.3) is 0 Å². The van der Waals surface area contributed by atoms with Crippen LogP contribution in [0.1, 0.15) is 13.3 Å². The monoisotopic (exact) mass is 206 g/mol. The van der Waals surface area contributed by atoms with Gasteiger partial charge in [-0.3, -0.25) is 9.59 Å². The predicted octanol–water partition coefficient (Wildman–Crippen LogP) is 0.453. The molecule has 0 saturated heterocycles. The lowest BCUT2D eigenvalue weighted by Gasteiger charge is -2.06. The van der Waals surface area contributed by atoms with Crippen LogP contribution in [0, 0.1) is 0 Å². The molecule has 0 radical (unpaired) electrons. The van der Waals surface area contributed by atoms with Gasteiger partial charge >= 0.3 is 5.97 Å². The Morgan fingerprint density at radius 2 is 2.00 bits per heavy atom. The van der Waals surface area contributed by atoms with Crippen molar-refractivity contribution in [1.29, 1.82) is 0 Å². The minimum Gasteiger partial charge on any atom is -0.463 e. The van der Waals surface area contributed by atoms with E-state index in [1.54, 1.807) is 0 Å². The lowest BCUT2D eigenvalue weighted by atomic mass is 10.2. The maximum Gasteiger partial charge on any atom is 0.307 e. The minimum absolute atomic E-state index is 0.0160. The van der Waals surface area contributed by atoms with E-state index in [-0.39, 0.29) is 18.8 Å². The molecule has 0 N–H and O–H groups in total. The van der Waals surface area contributed by atoms with Crippen molar-refractivity contribution >= 4 is 24.4 Å². The fourth-order valence-electron chi connectivity index (χ4n) is 0.599. The van der Waals surface area contributed by atoms with Gasteiger partial charge in [-0.25, -0.2) is 0 Å². The third kappa shape index (κ3) is 6.60. The normalized spacial score (nSPS) is 12.2. The van der Waals surface area contributed by atoms with Crippen molar-refractivity contribution in [3.8, 4) is 0 Å². The van der Waals surface area contributed by atoms with Crippen molar-refractivity contribution in [2.24, 2.45) is 0 Å². The van der Waals surface area contributed by atoms with Gasteiger partial charge in [0.2, 0.25) is 0 Å². The molecule has 1 atom stereocenters. The zero-order valence-electron chi connectivity index (χ0n) is 7.78. The molecule has 0 bridgehead atoms. The molecular weight excluding hydrogens is 192 g/mol. The summed E-state index contributed by atoms with van der Waals surface area (Å²) < 4.78 is 9.42. The van der Waals surface area contributed by atoms with Gasteiger partial charge in [-0.05, 0) is 6.92 Å². The van der Waals surface area contributed by atoms with Crippen molar-refractivity contribution in [1.82, 2.24) is 0 Å². The molecule has 0 heterocycles. The molecule has 0 rings (SSSR count). The van der Waals surface area contributed by atoms with Crippen LogP contribution >= 0.6 is 12.6 Å². The van der Waals surface area contributed by atoms with E-state index >= 15 is 0 Å². The van der Waals surface area contributed by atoms with Gasteiger partial charge in [0.05, 0.1) is 18.3 Å². The van der Waals surface area contributed by atoms with Crippen LogP contribution in [-0.2, 0) is 19.1 Å². The number of methoxy groups -OCH3 is 1. The highest BCUT2D eigenvalue weighted by molar-refractivity contribution is 7.81. The van der Waals surface area contributed by atoms with Crippen LogP contribution in [0.2, 0.25) is 0 Å². The molecule has 0 aromatic carbocycles. The number of thiol groups is 1. The molecule has 0 fully saturated rings. The fraction of sp³-hybridized carbons (Fsp3) is 0.750. The third-order valence-electron chi connectivity index (χ3n) is 1.38. The van der Waals surface area contributed by atoms with Gasteiger partial charge in [0.1, 0.15) is 12.4 Å². The van der Waals surface area contributed by atoms with E-state index in [2.05, 4.69) is 17.4 Å². The maximum absolute atomic E-state index is 11.0. The van der Waals surface area contributed by atoms with E-state index in [4.69, 9.17) is 4.74 Å². The average molecular weight is 206 g/mol. The quantitative estimate of drug-likeness (QED) is 0.389. The Labute approximate surface area is 83.0 Å². The molecule has 0 aliphatic rings. The topological polar surface area (TPSA) is 52.6 Å². The molecular formula is C8H14O4S. The van der Waals surface area contributed by atoms with E-state index in [0.717, 1.165) is 0 Å². The van der Waals surface area contributed by atoms with Gasteiger partial charge in [0, 0.05) is 7.11 Å². The summed E-state index contributed by atoms with van der Waals surface area (Å²) in [7, 11) is 1.52. The van der Waals surface area contributed by atoms with Crippen LogP contribution in [0.15, 0.2) is 0 Å². The highest BCUT2D eigenvalue weighted by atomic mass is 32.1. The molecule has 4 nitrogen and oxygen atoms in total. The number of esters is 1. The number of carbonyl (C=O) groups excluding carboxylic acids is 2. The van der Waals surface area contributed by atoms with Crippen LogP contribution in [0.5, 0.6) is 0 Å². The highest BCUT2D eigenvalue weighted by Crippen LogP contribution is 2.03. The lowest BCUT2D eigenvalue weighted by Crippen LogP contribution is -2.19. The molecule has 0 amide bonds. The van der Waals surface area contributed by atoms with Crippen molar-refractivity contribution in [3.63, 3.8) is 0 Å². The summed E-state index contributed by atoms with van der Waals surface area (Å²) in [6.45, 7) is 1.97. The van der Waals surface area contributed by atoms with E-state index in [0.29, 0.717) is 6.61 Å². The molecule has 0 aliphatic heterocycles. The second-order valence-electron chi connectivity index (χ2n) is 2.54. The van der Waals surface area contributed by atoms with Crippen LogP contribution < -0.4 is 0 Å². The van der Waals surface area contributed by atoms with Gasteiger partial charge in [-0.1, -0.05) is 0 Å². The number of ketones is 1. The maximum atomic E-state index is 11.0. The number of hydrogen-bond acceptors (Lipinski definition) is 5. The summed E-state index contributed by atoms with van der Waals surface area (Å²) in [6.07, 6.45) is 0.0160. The second kappa shape index (κ2) is 6.91. The molecule has 13 heavy (non-hydrogen) atoms. The van der Waals surface area contributed by atoms with Gasteiger partial charge in [-0.2, -0.15) is 12.6 Å². The van der Waals surface area contributed by atoms with Gasteiger partial charge in [0.25, 0.3) is 0 Å².